The van der Waals surface area contributed by atoms with Crippen molar-refractivity contribution < 1.29 is 28.7 Å². The van der Waals surface area contributed by atoms with Crippen LogP contribution in [0.2, 0.25) is 0 Å². The predicted octanol–water partition coefficient (Wildman–Crippen LogP) is 1.43. The first-order chi connectivity index (χ1) is 10.2. The van der Waals surface area contributed by atoms with E-state index in [4.69, 9.17) is 4.74 Å². The molecule has 0 aromatic rings. The van der Waals surface area contributed by atoms with Crippen LogP contribution in [0, 0.1) is 5.41 Å². The van der Waals surface area contributed by atoms with Gasteiger partial charge in [-0.1, -0.05) is 13.8 Å². The molecule has 0 saturated heterocycles. The number of rotatable bonds is 3. The summed E-state index contributed by atoms with van der Waals surface area (Å²) in [5, 5.41) is 0.626. The van der Waals surface area contributed by atoms with E-state index in [1.54, 1.807) is 27.7 Å². The standard InChI is InChI=1S/C14H22N2O6/c1-5-21-12(19)15-16(13(20)22-6-2)11-9(17)7-14(3,4)8-10(11)18/h11H,5-8H2,1-4H3,(H,15,19). The topological polar surface area (TPSA) is 102 Å². The Labute approximate surface area is 129 Å². The van der Waals surface area contributed by atoms with E-state index in [2.05, 4.69) is 10.2 Å². The number of ketones is 2. The molecular weight excluding hydrogens is 292 g/mol. The Morgan fingerprint density at radius 2 is 1.64 bits per heavy atom. The summed E-state index contributed by atoms with van der Waals surface area (Å²) in [6, 6.07) is -1.38. The Morgan fingerprint density at radius 3 is 2.09 bits per heavy atom. The molecule has 1 fully saturated rings. The summed E-state index contributed by atoms with van der Waals surface area (Å²) in [5.74, 6) is -0.878. The minimum Gasteiger partial charge on any atom is -0.449 e. The number of carbonyl (C=O) groups is 4. The number of nitrogens with one attached hydrogen (secondary N) is 1. The molecule has 1 aliphatic rings. The molecule has 1 aliphatic carbocycles. The maximum absolute atomic E-state index is 12.2. The minimum absolute atomic E-state index is 0.0421. The number of carbonyl (C=O) groups excluding carboxylic acids is 4. The van der Waals surface area contributed by atoms with Crippen LogP contribution in [0.4, 0.5) is 9.59 Å². The zero-order chi connectivity index (χ0) is 16.9. The molecule has 1 rings (SSSR count). The van der Waals surface area contributed by atoms with Crippen LogP contribution in [0.1, 0.15) is 40.5 Å². The average molecular weight is 314 g/mol. The van der Waals surface area contributed by atoms with E-state index in [1.165, 1.54) is 0 Å². The molecule has 0 aromatic heterocycles. The van der Waals surface area contributed by atoms with E-state index in [0.29, 0.717) is 5.01 Å². The van der Waals surface area contributed by atoms with Crippen molar-refractivity contribution in [1.29, 1.82) is 0 Å². The molecule has 22 heavy (non-hydrogen) atoms. The van der Waals surface area contributed by atoms with Gasteiger partial charge in [-0.25, -0.2) is 15.0 Å². The number of Topliss-reactive ketones (excluding diaryl/α,β-unsaturated/α-hetero) is 2. The van der Waals surface area contributed by atoms with E-state index in [-0.39, 0.29) is 26.1 Å². The predicted molar refractivity (Wildman–Crippen MR) is 75.8 cm³/mol. The van der Waals surface area contributed by atoms with Crippen molar-refractivity contribution in [3.63, 3.8) is 0 Å². The van der Waals surface area contributed by atoms with Crippen molar-refractivity contribution in [3.8, 4) is 0 Å². The van der Waals surface area contributed by atoms with Gasteiger partial charge in [0.25, 0.3) is 0 Å². The lowest BCUT2D eigenvalue weighted by atomic mass is 9.74. The monoisotopic (exact) mass is 314 g/mol. The van der Waals surface area contributed by atoms with Crippen molar-refractivity contribution in [2.45, 2.75) is 46.6 Å². The summed E-state index contributed by atoms with van der Waals surface area (Å²) < 4.78 is 9.48. The zero-order valence-electron chi connectivity index (χ0n) is 13.3. The fourth-order valence-electron chi connectivity index (χ4n) is 2.34. The number of hydrazine groups is 1. The number of hydrogen-bond donors (Lipinski definition) is 1. The SMILES string of the molecule is CCOC(=O)NN(C(=O)OCC)C1C(=O)CC(C)(C)CC1=O. The maximum atomic E-state index is 12.2. The first-order valence-corrected chi connectivity index (χ1v) is 7.16. The van der Waals surface area contributed by atoms with Crippen LogP contribution in [0.5, 0.6) is 0 Å². The lowest BCUT2D eigenvalue weighted by molar-refractivity contribution is -0.142. The van der Waals surface area contributed by atoms with E-state index < -0.39 is 35.2 Å². The molecule has 8 heteroatoms. The third-order valence-corrected chi connectivity index (χ3v) is 3.13. The highest BCUT2D eigenvalue weighted by molar-refractivity contribution is 6.10. The van der Waals surface area contributed by atoms with Crippen LogP contribution in [-0.2, 0) is 19.1 Å². The van der Waals surface area contributed by atoms with Crippen molar-refractivity contribution in [2.75, 3.05) is 13.2 Å². The van der Waals surface area contributed by atoms with Gasteiger partial charge in [0.15, 0.2) is 17.6 Å². The lowest BCUT2D eigenvalue weighted by Gasteiger charge is -2.36. The maximum Gasteiger partial charge on any atom is 0.429 e. The third kappa shape index (κ3) is 4.44. The molecule has 124 valence electrons. The average Bonchev–Trinajstić information content (AvgIpc) is 2.35. The fourth-order valence-corrected chi connectivity index (χ4v) is 2.34. The van der Waals surface area contributed by atoms with E-state index in [0.717, 1.165) is 0 Å². The van der Waals surface area contributed by atoms with Crippen molar-refractivity contribution in [2.24, 2.45) is 5.41 Å². The first-order valence-electron chi connectivity index (χ1n) is 7.16. The lowest BCUT2D eigenvalue weighted by Crippen LogP contribution is -2.60. The van der Waals surface area contributed by atoms with E-state index in [1.807, 2.05) is 0 Å². The molecular formula is C14H22N2O6. The Morgan fingerprint density at radius 1 is 1.14 bits per heavy atom. The van der Waals surface area contributed by atoms with Gasteiger partial charge in [0.2, 0.25) is 0 Å². The highest BCUT2D eigenvalue weighted by Crippen LogP contribution is 2.32. The molecule has 0 aromatic carbocycles. The van der Waals surface area contributed by atoms with Crippen LogP contribution >= 0.6 is 0 Å². The summed E-state index contributed by atoms with van der Waals surface area (Å²) in [4.78, 5) is 48.0. The zero-order valence-corrected chi connectivity index (χ0v) is 13.3. The van der Waals surface area contributed by atoms with Gasteiger partial charge < -0.3 is 9.47 Å². The molecule has 1 saturated carbocycles. The number of ether oxygens (including phenoxy) is 2. The minimum atomic E-state index is -1.38. The largest absolute Gasteiger partial charge is 0.449 e. The number of nitrogens with zero attached hydrogens (tertiary/aromatic N) is 1. The smallest absolute Gasteiger partial charge is 0.429 e. The molecule has 0 spiro atoms. The molecule has 0 heterocycles. The molecule has 0 radical (unpaired) electrons. The summed E-state index contributed by atoms with van der Waals surface area (Å²) in [6.07, 6.45) is -1.64. The molecule has 0 unspecified atom stereocenters. The van der Waals surface area contributed by atoms with E-state index in [9.17, 15) is 19.2 Å². The van der Waals surface area contributed by atoms with E-state index >= 15 is 0 Å². The molecule has 0 bridgehead atoms. The Bertz CT molecular complexity index is 454. The van der Waals surface area contributed by atoms with Crippen LogP contribution in [0.3, 0.4) is 0 Å². The van der Waals surface area contributed by atoms with Gasteiger partial charge in [0.05, 0.1) is 13.2 Å². The van der Waals surface area contributed by atoms with Gasteiger partial charge >= 0.3 is 12.2 Å². The van der Waals surface area contributed by atoms with Gasteiger partial charge in [-0.2, -0.15) is 5.01 Å². The fraction of sp³-hybridized carbons (Fsp3) is 0.714. The highest BCUT2D eigenvalue weighted by atomic mass is 16.6. The normalized spacial score (nSPS) is 17.8. The summed E-state index contributed by atoms with van der Waals surface area (Å²) in [6.45, 7) is 6.89. The van der Waals surface area contributed by atoms with Crippen LogP contribution in [0.15, 0.2) is 0 Å². The third-order valence-electron chi connectivity index (χ3n) is 3.13. The Balaban J connectivity index is 2.99. The van der Waals surface area contributed by atoms with Crippen LogP contribution in [-0.4, -0.2) is 48.0 Å². The van der Waals surface area contributed by atoms with Crippen LogP contribution < -0.4 is 5.43 Å². The second kappa shape index (κ2) is 7.24. The van der Waals surface area contributed by atoms with Crippen LogP contribution in [0.25, 0.3) is 0 Å². The van der Waals surface area contributed by atoms with Gasteiger partial charge in [0.1, 0.15) is 0 Å². The Hall–Kier alpha value is -2.12. The van der Waals surface area contributed by atoms with Gasteiger partial charge in [-0.15, -0.1) is 0 Å². The quantitative estimate of drug-likeness (QED) is 0.624. The summed E-state index contributed by atoms with van der Waals surface area (Å²) >= 11 is 0. The molecule has 8 nitrogen and oxygen atoms in total. The first kappa shape index (κ1) is 17.9. The molecule has 2 amide bonds. The molecule has 0 atom stereocenters. The molecule has 0 aliphatic heterocycles. The Kier molecular flexibility index (Phi) is 5.90. The van der Waals surface area contributed by atoms with Gasteiger partial charge in [0, 0.05) is 12.8 Å². The highest BCUT2D eigenvalue weighted by Gasteiger charge is 2.45. The summed E-state index contributed by atoms with van der Waals surface area (Å²) in [5.41, 5.74) is 1.65. The summed E-state index contributed by atoms with van der Waals surface area (Å²) in [7, 11) is 0. The van der Waals surface area contributed by atoms with Gasteiger partial charge in [-0.05, 0) is 19.3 Å². The van der Waals surface area contributed by atoms with Crippen molar-refractivity contribution >= 4 is 23.8 Å². The van der Waals surface area contributed by atoms with Crippen molar-refractivity contribution in [1.82, 2.24) is 10.4 Å². The second-order valence-electron chi connectivity index (χ2n) is 5.75. The second-order valence-corrected chi connectivity index (χ2v) is 5.75. The van der Waals surface area contributed by atoms with Crippen molar-refractivity contribution in [3.05, 3.63) is 0 Å². The number of hydrogen-bond acceptors (Lipinski definition) is 6. The molecule has 1 N–H and O–H groups in total. The van der Waals surface area contributed by atoms with Gasteiger partial charge in [-0.3, -0.25) is 9.59 Å². The number of amides is 2.